The average Bonchev–Trinajstić information content (AvgIpc) is 3.05. The Balaban J connectivity index is 1.66. The summed E-state index contributed by atoms with van der Waals surface area (Å²) in [6.07, 6.45) is 1.52. The summed E-state index contributed by atoms with van der Waals surface area (Å²) in [6.45, 7) is 9.04. The molecule has 3 rings (SSSR count). The Morgan fingerprint density at radius 3 is 2.75 bits per heavy atom. The van der Waals surface area contributed by atoms with E-state index in [0.717, 1.165) is 26.1 Å². The van der Waals surface area contributed by atoms with Crippen LogP contribution in [0.5, 0.6) is 0 Å². The molecule has 0 saturated carbocycles. The van der Waals surface area contributed by atoms with Gasteiger partial charge in [-0.1, -0.05) is 37.3 Å². The van der Waals surface area contributed by atoms with Crippen LogP contribution in [0.2, 0.25) is 0 Å². The number of amides is 1. The Morgan fingerprint density at radius 2 is 2.04 bits per heavy atom. The van der Waals surface area contributed by atoms with Gasteiger partial charge in [0, 0.05) is 38.6 Å². The highest BCUT2D eigenvalue weighted by Crippen LogP contribution is 2.24. The molecule has 5 nitrogen and oxygen atoms in total. The molecule has 5 unspecified atom stereocenters. The van der Waals surface area contributed by atoms with Crippen molar-refractivity contribution in [2.75, 3.05) is 13.1 Å². The van der Waals surface area contributed by atoms with Crippen LogP contribution in [-0.2, 0) is 11.3 Å². The third kappa shape index (κ3) is 4.15. The maximum absolute atomic E-state index is 11.5. The highest BCUT2D eigenvalue weighted by molar-refractivity contribution is 5.73. The van der Waals surface area contributed by atoms with E-state index in [0.29, 0.717) is 18.1 Å². The topological polar surface area (TPSA) is 56.4 Å². The predicted octanol–water partition coefficient (Wildman–Crippen LogP) is 1.31. The minimum absolute atomic E-state index is 0.0450. The van der Waals surface area contributed by atoms with E-state index in [1.807, 2.05) is 0 Å². The smallest absolute Gasteiger partial charge is 0.217 e. The van der Waals surface area contributed by atoms with Crippen LogP contribution in [0.3, 0.4) is 0 Å². The van der Waals surface area contributed by atoms with Crippen LogP contribution in [-0.4, -0.2) is 48.2 Å². The lowest BCUT2D eigenvalue weighted by Gasteiger charge is -2.32. The van der Waals surface area contributed by atoms with Gasteiger partial charge in [0.15, 0.2) is 0 Å². The number of rotatable bonds is 5. The molecule has 132 valence electrons. The molecule has 2 aliphatic rings. The van der Waals surface area contributed by atoms with Gasteiger partial charge in [-0.25, -0.2) is 0 Å². The first-order valence-corrected chi connectivity index (χ1v) is 9.07. The van der Waals surface area contributed by atoms with Gasteiger partial charge in [-0.2, -0.15) is 0 Å². The van der Waals surface area contributed by atoms with E-state index >= 15 is 0 Å². The monoisotopic (exact) mass is 330 g/mol. The predicted molar refractivity (Wildman–Crippen MR) is 96.4 cm³/mol. The van der Waals surface area contributed by atoms with Crippen molar-refractivity contribution < 1.29 is 4.79 Å². The number of hydrogen-bond acceptors (Lipinski definition) is 4. The summed E-state index contributed by atoms with van der Waals surface area (Å²) in [5.74, 6) is 0.735. The lowest BCUT2D eigenvalue weighted by atomic mass is 10.0. The molecule has 3 N–H and O–H groups in total. The molecule has 2 heterocycles. The van der Waals surface area contributed by atoms with Crippen LogP contribution in [0.15, 0.2) is 30.3 Å². The van der Waals surface area contributed by atoms with Crippen molar-refractivity contribution in [1.29, 1.82) is 0 Å². The number of carbonyl (C=O) groups excluding carboxylic acids is 1. The molecule has 0 spiro atoms. The van der Waals surface area contributed by atoms with E-state index in [-0.39, 0.29) is 18.0 Å². The van der Waals surface area contributed by atoms with Crippen LogP contribution < -0.4 is 16.0 Å². The molecule has 5 atom stereocenters. The lowest BCUT2D eigenvalue weighted by molar-refractivity contribution is -0.119. The zero-order valence-corrected chi connectivity index (χ0v) is 15.0. The first-order valence-electron chi connectivity index (χ1n) is 9.07. The highest BCUT2D eigenvalue weighted by atomic mass is 16.1. The van der Waals surface area contributed by atoms with Crippen LogP contribution in [0.25, 0.3) is 0 Å². The quantitative estimate of drug-likeness (QED) is 0.762. The Morgan fingerprint density at radius 1 is 1.29 bits per heavy atom. The molecule has 1 aromatic rings. The fourth-order valence-corrected chi connectivity index (χ4v) is 4.10. The van der Waals surface area contributed by atoms with E-state index in [2.05, 4.69) is 65.0 Å². The minimum Gasteiger partial charge on any atom is -0.351 e. The molecule has 24 heavy (non-hydrogen) atoms. The van der Waals surface area contributed by atoms with Crippen molar-refractivity contribution in [3.05, 3.63) is 35.9 Å². The third-order valence-corrected chi connectivity index (χ3v) is 5.25. The van der Waals surface area contributed by atoms with Crippen molar-refractivity contribution in [3.63, 3.8) is 0 Å². The number of nitrogens with zero attached hydrogens (tertiary/aromatic N) is 1. The summed E-state index contributed by atoms with van der Waals surface area (Å²) in [6, 6.07) is 11.4. The van der Waals surface area contributed by atoms with E-state index < -0.39 is 0 Å². The summed E-state index contributed by atoms with van der Waals surface area (Å²) in [7, 11) is 0. The molecular weight excluding hydrogens is 300 g/mol. The van der Waals surface area contributed by atoms with E-state index in [4.69, 9.17) is 0 Å². The van der Waals surface area contributed by atoms with Crippen molar-refractivity contribution in [2.45, 2.75) is 58.0 Å². The number of nitrogens with one attached hydrogen (secondary N) is 3. The molecule has 0 aromatic heterocycles. The van der Waals surface area contributed by atoms with Gasteiger partial charge in [0.05, 0.1) is 12.2 Å². The average molecular weight is 330 g/mol. The molecule has 0 radical (unpaired) electrons. The van der Waals surface area contributed by atoms with E-state index in [1.54, 1.807) is 6.92 Å². The Hall–Kier alpha value is -1.43. The molecule has 0 aliphatic carbocycles. The molecule has 1 amide bonds. The second-order valence-corrected chi connectivity index (χ2v) is 7.47. The fraction of sp³-hybridized carbons (Fsp3) is 0.632. The van der Waals surface area contributed by atoms with Crippen LogP contribution in [0.4, 0.5) is 0 Å². The van der Waals surface area contributed by atoms with Crippen molar-refractivity contribution in [1.82, 2.24) is 20.9 Å². The highest BCUT2D eigenvalue weighted by Gasteiger charge is 2.38. The standard InChI is InChI=1S/C19H30N4O/c1-13-9-18(23(11-13)12-16-7-5-4-6-8-16)22-19-14(2)20-10-17(19)21-15(3)24/h4-8,13-14,17-20,22H,9-12H2,1-3H3,(H,21,24). The number of likely N-dealkylation sites (tertiary alicyclic amines) is 1. The Bertz CT molecular complexity index is 550. The van der Waals surface area contributed by atoms with Gasteiger partial charge in [0.1, 0.15) is 0 Å². The molecular formula is C19H30N4O. The summed E-state index contributed by atoms with van der Waals surface area (Å²) >= 11 is 0. The summed E-state index contributed by atoms with van der Waals surface area (Å²) in [5, 5.41) is 10.4. The summed E-state index contributed by atoms with van der Waals surface area (Å²) < 4.78 is 0. The van der Waals surface area contributed by atoms with Gasteiger partial charge in [0.25, 0.3) is 0 Å². The summed E-state index contributed by atoms with van der Waals surface area (Å²) in [4.78, 5) is 14.0. The van der Waals surface area contributed by atoms with Gasteiger partial charge in [-0.05, 0) is 24.8 Å². The van der Waals surface area contributed by atoms with Crippen LogP contribution in [0.1, 0.15) is 32.8 Å². The lowest BCUT2D eigenvalue weighted by Crippen LogP contribution is -2.56. The maximum atomic E-state index is 11.5. The normalized spacial score (nSPS) is 33.7. The maximum Gasteiger partial charge on any atom is 0.217 e. The van der Waals surface area contributed by atoms with Crippen molar-refractivity contribution >= 4 is 5.91 Å². The SMILES string of the molecule is CC(=O)NC1CNC(C)C1NC1CC(C)CN1Cc1ccccc1. The molecule has 0 bridgehead atoms. The summed E-state index contributed by atoms with van der Waals surface area (Å²) in [5.41, 5.74) is 1.36. The zero-order valence-electron chi connectivity index (χ0n) is 15.0. The number of benzene rings is 1. The second kappa shape index (κ2) is 7.64. The first-order chi connectivity index (χ1) is 11.5. The van der Waals surface area contributed by atoms with Crippen LogP contribution >= 0.6 is 0 Å². The van der Waals surface area contributed by atoms with Gasteiger partial charge in [-0.15, -0.1) is 0 Å². The van der Waals surface area contributed by atoms with Gasteiger partial charge < -0.3 is 10.6 Å². The Kier molecular flexibility index (Phi) is 5.54. The first kappa shape index (κ1) is 17.4. The molecule has 2 saturated heterocycles. The molecule has 1 aromatic carbocycles. The fourth-order valence-electron chi connectivity index (χ4n) is 4.10. The zero-order chi connectivity index (χ0) is 17.1. The van der Waals surface area contributed by atoms with Crippen molar-refractivity contribution in [2.24, 2.45) is 5.92 Å². The van der Waals surface area contributed by atoms with E-state index in [1.165, 1.54) is 5.56 Å². The van der Waals surface area contributed by atoms with Gasteiger partial charge in [0.2, 0.25) is 5.91 Å². The minimum atomic E-state index is 0.0450. The number of hydrogen-bond donors (Lipinski definition) is 3. The van der Waals surface area contributed by atoms with Crippen LogP contribution in [0, 0.1) is 5.92 Å². The largest absolute Gasteiger partial charge is 0.351 e. The molecule has 2 fully saturated rings. The number of carbonyl (C=O) groups is 1. The van der Waals surface area contributed by atoms with E-state index in [9.17, 15) is 4.79 Å². The Labute approximate surface area is 145 Å². The van der Waals surface area contributed by atoms with Gasteiger partial charge >= 0.3 is 0 Å². The second-order valence-electron chi connectivity index (χ2n) is 7.47. The van der Waals surface area contributed by atoms with Crippen molar-refractivity contribution in [3.8, 4) is 0 Å². The molecule has 2 aliphatic heterocycles. The third-order valence-electron chi connectivity index (χ3n) is 5.25. The van der Waals surface area contributed by atoms with Gasteiger partial charge in [-0.3, -0.25) is 15.0 Å². The molecule has 5 heteroatoms.